The van der Waals surface area contributed by atoms with Crippen molar-refractivity contribution in [1.29, 1.82) is 0 Å². The van der Waals surface area contributed by atoms with Crippen LogP contribution < -0.4 is 5.32 Å². The van der Waals surface area contributed by atoms with Crippen LogP contribution in [0.1, 0.15) is 28.5 Å². The molecule has 0 aromatic carbocycles. The Balaban J connectivity index is 1.72. The predicted molar refractivity (Wildman–Crippen MR) is 90.6 cm³/mol. The van der Waals surface area contributed by atoms with Gasteiger partial charge in [0.2, 0.25) is 5.91 Å². The molecule has 126 valence electrons. The molecule has 24 heavy (non-hydrogen) atoms. The molecular formula is C17H19ClN4O2. The van der Waals surface area contributed by atoms with Gasteiger partial charge in [0.1, 0.15) is 5.69 Å². The molecular weight excluding hydrogens is 328 g/mol. The third kappa shape index (κ3) is 3.14. The minimum Gasteiger partial charge on any atom is -0.350 e. The van der Waals surface area contributed by atoms with E-state index in [9.17, 15) is 9.59 Å². The van der Waals surface area contributed by atoms with Crippen molar-refractivity contribution in [1.82, 2.24) is 19.8 Å². The molecule has 1 saturated heterocycles. The summed E-state index contributed by atoms with van der Waals surface area (Å²) in [6, 6.07) is 5.39. The summed E-state index contributed by atoms with van der Waals surface area (Å²) in [5, 5.41) is 3.44. The first-order valence-corrected chi connectivity index (χ1v) is 8.11. The molecule has 0 unspecified atom stereocenters. The van der Waals surface area contributed by atoms with E-state index in [1.807, 2.05) is 12.1 Å². The molecule has 6 nitrogen and oxygen atoms in total. The number of aryl methyl sites for hydroxylation is 1. The van der Waals surface area contributed by atoms with Gasteiger partial charge in [-0.2, -0.15) is 0 Å². The Morgan fingerprint density at radius 2 is 2.08 bits per heavy atom. The van der Waals surface area contributed by atoms with E-state index < -0.39 is 0 Å². The van der Waals surface area contributed by atoms with Gasteiger partial charge in [-0.1, -0.05) is 11.6 Å². The number of hydrogen-bond donors (Lipinski definition) is 1. The number of hydrogen-bond acceptors (Lipinski definition) is 3. The van der Waals surface area contributed by atoms with Crippen LogP contribution in [0.25, 0.3) is 0 Å². The number of likely N-dealkylation sites (tertiary alicyclic amines) is 1. The number of pyridine rings is 1. The zero-order chi connectivity index (χ0) is 17.3. The van der Waals surface area contributed by atoms with E-state index in [-0.39, 0.29) is 23.8 Å². The van der Waals surface area contributed by atoms with E-state index in [1.54, 1.807) is 48.2 Å². The Morgan fingerprint density at radius 1 is 1.38 bits per heavy atom. The highest BCUT2D eigenvalue weighted by Gasteiger charge is 2.38. The Hall–Kier alpha value is -2.34. The molecule has 1 aliphatic heterocycles. The third-order valence-electron chi connectivity index (χ3n) is 4.47. The van der Waals surface area contributed by atoms with Crippen LogP contribution in [0, 0.1) is 5.92 Å². The van der Waals surface area contributed by atoms with E-state index in [1.165, 1.54) is 0 Å². The summed E-state index contributed by atoms with van der Waals surface area (Å²) in [5.74, 6) is -0.0950. The van der Waals surface area contributed by atoms with E-state index in [0.717, 1.165) is 5.56 Å². The van der Waals surface area contributed by atoms with Crippen LogP contribution in [0.3, 0.4) is 0 Å². The molecule has 3 rings (SSSR count). The maximum absolute atomic E-state index is 12.3. The second kappa shape index (κ2) is 6.65. The zero-order valence-electron chi connectivity index (χ0n) is 13.6. The van der Waals surface area contributed by atoms with Crippen molar-refractivity contribution in [2.24, 2.45) is 13.0 Å². The molecule has 0 radical (unpaired) electrons. The standard InChI is InChI=1S/C17H19ClN4O2/c1-21-10-13(18)8-14(21)17(24)20-9-12-7-15(23)22(2)16(12)11-3-5-19-6-4-11/h3-6,8,10,12,16H,7,9H2,1-2H3,(H,20,24)/t12-,16-/m0/s1. The number of amides is 2. The number of carbonyl (C=O) groups is 2. The van der Waals surface area contributed by atoms with Crippen LogP contribution in [0.2, 0.25) is 5.02 Å². The lowest BCUT2D eigenvalue weighted by Crippen LogP contribution is -2.33. The van der Waals surface area contributed by atoms with E-state index in [0.29, 0.717) is 23.7 Å². The van der Waals surface area contributed by atoms with Crippen molar-refractivity contribution in [2.45, 2.75) is 12.5 Å². The Morgan fingerprint density at radius 3 is 2.71 bits per heavy atom. The molecule has 2 amide bonds. The molecule has 0 aliphatic carbocycles. The average molecular weight is 347 g/mol. The second-order valence-corrected chi connectivity index (χ2v) is 6.50. The Labute approximate surface area is 145 Å². The highest BCUT2D eigenvalue weighted by atomic mass is 35.5. The third-order valence-corrected chi connectivity index (χ3v) is 4.68. The van der Waals surface area contributed by atoms with Gasteiger partial charge in [-0.3, -0.25) is 14.6 Å². The topological polar surface area (TPSA) is 67.2 Å². The minimum absolute atomic E-state index is 0.0181. The van der Waals surface area contributed by atoms with Crippen LogP contribution in [0.5, 0.6) is 0 Å². The molecule has 1 fully saturated rings. The number of rotatable bonds is 4. The van der Waals surface area contributed by atoms with Crippen LogP contribution in [0.15, 0.2) is 36.8 Å². The number of halogens is 1. The smallest absolute Gasteiger partial charge is 0.267 e. The van der Waals surface area contributed by atoms with Crippen molar-refractivity contribution in [3.63, 3.8) is 0 Å². The fourth-order valence-electron chi connectivity index (χ4n) is 3.26. The number of nitrogens with zero attached hydrogens (tertiary/aromatic N) is 3. The van der Waals surface area contributed by atoms with Crippen LogP contribution >= 0.6 is 11.6 Å². The minimum atomic E-state index is -0.195. The maximum atomic E-state index is 12.3. The molecule has 3 heterocycles. The van der Waals surface area contributed by atoms with Crippen molar-refractivity contribution in [3.05, 3.63) is 53.1 Å². The Bertz CT molecular complexity index is 759. The lowest BCUT2D eigenvalue weighted by atomic mass is 9.94. The summed E-state index contributed by atoms with van der Waals surface area (Å²) >= 11 is 5.92. The first-order chi connectivity index (χ1) is 11.5. The van der Waals surface area contributed by atoms with Crippen LogP contribution in [0.4, 0.5) is 0 Å². The molecule has 1 N–H and O–H groups in total. The quantitative estimate of drug-likeness (QED) is 0.921. The summed E-state index contributed by atoms with van der Waals surface area (Å²) < 4.78 is 1.68. The van der Waals surface area contributed by atoms with Crippen molar-refractivity contribution in [3.8, 4) is 0 Å². The largest absolute Gasteiger partial charge is 0.350 e. The van der Waals surface area contributed by atoms with Crippen molar-refractivity contribution >= 4 is 23.4 Å². The van der Waals surface area contributed by atoms with Gasteiger partial charge < -0.3 is 14.8 Å². The van der Waals surface area contributed by atoms with Crippen LogP contribution in [-0.4, -0.2) is 39.9 Å². The zero-order valence-corrected chi connectivity index (χ0v) is 14.3. The summed E-state index contributed by atoms with van der Waals surface area (Å²) in [7, 11) is 3.57. The normalized spacial score (nSPS) is 20.5. The molecule has 1 aliphatic rings. The molecule has 0 bridgehead atoms. The fourth-order valence-corrected chi connectivity index (χ4v) is 3.51. The number of carbonyl (C=O) groups excluding carboxylic acids is 2. The van der Waals surface area contributed by atoms with Crippen molar-refractivity contribution in [2.75, 3.05) is 13.6 Å². The lowest BCUT2D eigenvalue weighted by Gasteiger charge is -2.25. The van der Waals surface area contributed by atoms with E-state index in [2.05, 4.69) is 10.3 Å². The van der Waals surface area contributed by atoms with Gasteiger partial charge in [0.15, 0.2) is 0 Å². The SMILES string of the molecule is CN1C(=O)C[C@@H](CNC(=O)c2cc(Cl)cn2C)[C@@H]1c1ccncc1. The maximum Gasteiger partial charge on any atom is 0.267 e. The van der Waals surface area contributed by atoms with Gasteiger partial charge in [0.25, 0.3) is 5.91 Å². The summed E-state index contributed by atoms with van der Waals surface area (Å²) in [5.41, 5.74) is 1.53. The van der Waals surface area contributed by atoms with Crippen LogP contribution in [-0.2, 0) is 11.8 Å². The monoisotopic (exact) mass is 346 g/mol. The molecule has 2 atom stereocenters. The van der Waals surface area contributed by atoms with Gasteiger partial charge in [0.05, 0.1) is 11.1 Å². The average Bonchev–Trinajstić information content (AvgIpc) is 3.05. The predicted octanol–water partition coefficient (Wildman–Crippen LogP) is 2.02. The summed E-state index contributed by atoms with van der Waals surface area (Å²) in [4.78, 5) is 30.2. The first-order valence-electron chi connectivity index (χ1n) is 7.73. The summed E-state index contributed by atoms with van der Waals surface area (Å²) in [6.45, 7) is 0.421. The number of nitrogens with one attached hydrogen (secondary N) is 1. The van der Waals surface area contributed by atoms with Gasteiger partial charge >= 0.3 is 0 Å². The van der Waals surface area contributed by atoms with E-state index >= 15 is 0 Å². The van der Waals surface area contributed by atoms with Gasteiger partial charge in [-0.25, -0.2) is 0 Å². The Kier molecular flexibility index (Phi) is 4.57. The number of aromatic nitrogens is 2. The van der Waals surface area contributed by atoms with E-state index in [4.69, 9.17) is 11.6 Å². The van der Waals surface area contributed by atoms with Gasteiger partial charge in [-0.15, -0.1) is 0 Å². The molecule has 2 aromatic heterocycles. The van der Waals surface area contributed by atoms with Gasteiger partial charge in [0, 0.05) is 51.6 Å². The highest BCUT2D eigenvalue weighted by Crippen LogP contribution is 2.36. The van der Waals surface area contributed by atoms with Crippen molar-refractivity contribution < 1.29 is 9.59 Å². The second-order valence-electron chi connectivity index (χ2n) is 6.06. The first kappa shape index (κ1) is 16.5. The molecule has 0 spiro atoms. The lowest BCUT2D eigenvalue weighted by molar-refractivity contribution is -0.127. The van der Waals surface area contributed by atoms with Gasteiger partial charge in [-0.05, 0) is 23.8 Å². The highest BCUT2D eigenvalue weighted by molar-refractivity contribution is 6.31. The fraction of sp³-hybridized carbons (Fsp3) is 0.353. The molecule has 2 aromatic rings. The molecule has 7 heteroatoms. The molecule has 0 saturated carbocycles. The summed E-state index contributed by atoms with van der Waals surface area (Å²) in [6.07, 6.45) is 5.53.